The van der Waals surface area contributed by atoms with E-state index in [-0.39, 0.29) is 25.0 Å². The molecule has 0 aliphatic carbocycles. The molecule has 2 nitrogen and oxygen atoms in total. The quantitative estimate of drug-likeness (QED) is 0.423. The van der Waals surface area contributed by atoms with Gasteiger partial charge in [-0.15, -0.1) is 0 Å². The summed E-state index contributed by atoms with van der Waals surface area (Å²) in [4.78, 5) is 0. The molecule has 0 N–H and O–H groups in total. The number of rotatable bonds is 0. The van der Waals surface area contributed by atoms with Crippen molar-refractivity contribution in [3.05, 3.63) is 20.1 Å². The van der Waals surface area contributed by atoms with Gasteiger partial charge in [0.2, 0.25) is 0 Å². The van der Waals surface area contributed by atoms with Gasteiger partial charge >= 0.3 is 100 Å². The fourth-order valence-electron chi connectivity index (χ4n) is 0.877. The van der Waals surface area contributed by atoms with E-state index in [1.165, 1.54) is 0 Å². The van der Waals surface area contributed by atoms with Crippen LogP contribution in [0.25, 0.3) is 11.0 Å². The summed E-state index contributed by atoms with van der Waals surface area (Å²) in [6.45, 7) is 0. The fourth-order valence-corrected chi connectivity index (χ4v) is 3.20. The number of aromatic nitrogens is 2. The number of hydrogen-bond acceptors (Lipinski definition) is 2. The number of nitrogens with zero attached hydrogens (tertiary/aromatic N) is 2. The minimum absolute atomic E-state index is 0.191. The van der Waals surface area contributed by atoms with Crippen molar-refractivity contribution in [2.75, 3.05) is 0 Å². The van der Waals surface area contributed by atoms with Gasteiger partial charge in [-0.1, -0.05) is 0 Å². The topological polar surface area (TPSA) is 25.8 Å². The Labute approximate surface area is 100.0 Å². The second kappa shape index (κ2) is 3.58. The zero-order valence-corrected chi connectivity index (χ0v) is 10.6. The molecule has 0 spiro atoms. The van der Waals surface area contributed by atoms with Gasteiger partial charge < -0.3 is 0 Å². The van der Waals surface area contributed by atoms with Crippen molar-refractivity contribution in [1.29, 1.82) is 0 Å². The van der Waals surface area contributed by atoms with E-state index in [1.807, 2.05) is 0 Å². The molecular formula is C6Cl4N2Se. The van der Waals surface area contributed by atoms with Crippen molar-refractivity contribution >= 4 is 72.4 Å². The third-order valence-electron chi connectivity index (χ3n) is 1.48. The van der Waals surface area contributed by atoms with E-state index in [1.54, 1.807) is 0 Å². The molecule has 68 valence electrons. The summed E-state index contributed by atoms with van der Waals surface area (Å²) in [5, 5.41) is 1.14. The molecule has 2 aromatic rings. The van der Waals surface area contributed by atoms with E-state index >= 15 is 0 Å². The Kier molecular flexibility index (Phi) is 2.76. The van der Waals surface area contributed by atoms with Gasteiger partial charge in [0.15, 0.2) is 0 Å². The van der Waals surface area contributed by atoms with Crippen molar-refractivity contribution in [3.8, 4) is 0 Å². The summed E-state index contributed by atoms with van der Waals surface area (Å²) in [5.41, 5.74) is 1.11. The molecule has 0 aliphatic heterocycles. The maximum atomic E-state index is 5.90. The molecule has 1 heterocycles. The SMILES string of the molecule is Clc1c(Cl)c(Cl)c2n[se]nc2c1Cl. The van der Waals surface area contributed by atoms with E-state index in [9.17, 15) is 0 Å². The van der Waals surface area contributed by atoms with Crippen LogP contribution < -0.4 is 0 Å². The van der Waals surface area contributed by atoms with Crippen molar-refractivity contribution in [2.45, 2.75) is 0 Å². The van der Waals surface area contributed by atoms with Gasteiger partial charge in [0.25, 0.3) is 0 Å². The average Bonchev–Trinajstić information content (AvgIpc) is 2.59. The molecule has 0 radical (unpaired) electrons. The molecule has 1 aromatic carbocycles. The Morgan fingerprint density at radius 2 is 1.08 bits per heavy atom. The van der Waals surface area contributed by atoms with Gasteiger partial charge in [0.05, 0.1) is 0 Å². The summed E-state index contributed by atoms with van der Waals surface area (Å²) < 4.78 is 8.20. The Bertz CT molecular complexity index is 439. The van der Waals surface area contributed by atoms with Gasteiger partial charge in [0, 0.05) is 0 Å². The second-order valence-electron chi connectivity index (χ2n) is 2.22. The molecule has 0 fully saturated rings. The van der Waals surface area contributed by atoms with Crippen LogP contribution in [0.15, 0.2) is 0 Å². The third-order valence-corrected chi connectivity index (χ3v) is 4.37. The van der Waals surface area contributed by atoms with Crippen LogP contribution in [0, 0.1) is 0 Å². The molecule has 13 heavy (non-hydrogen) atoms. The molecular weight excluding hydrogens is 321 g/mol. The zero-order chi connectivity index (χ0) is 9.59. The van der Waals surface area contributed by atoms with Crippen LogP contribution in [-0.4, -0.2) is 22.9 Å². The first-order valence-corrected chi connectivity index (χ1v) is 6.11. The van der Waals surface area contributed by atoms with Crippen LogP contribution >= 0.6 is 46.4 Å². The van der Waals surface area contributed by atoms with Crippen molar-refractivity contribution < 1.29 is 0 Å². The fraction of sp³-hybridized carbons (Fsp3) is 0. The molecule has 0 atom stereocenters. The molecule has 1 aromatic heterocycles. The first kappa shape index (κ1) is 10.0. The predicted molar refractivity (Wildman–Crippen MR) is 56.5 cm³/mol. The van der Waals surface area contributed by atoms with Crippen molar-refractivity contribution in [3.63, 3.8) is 0 Å². The van der Waals surface area contributed by atoms with Gasteiger partial charge in [-0.25, -0.2) is 0 Å². The molecule has 0 unspecified atom stereocenters. The second-order valence-corrected chi connectivity index (χ2v) is 4.84. The molecule has 2 rings (SSSR count). The van der Waals surface area contributed by atoms with E-state index in [0.29, 0.717) is 21.1 Å². The van der Waals surface area contributed by atoms with E-state index in [0.717, 1.165) is 0 Å². The summed E-state index contributed by atoms with van der Waals surface area (Å²) >= 11 is 23.3. The molecule has 0 bridgehead atoms. The Morgan fingerprint density at radius 1 is 0.692 bits per heavy atom. The summed E-state index contributed by atoms with van der Waals surface area (Å²) in [6.07, 6.45) is 0. The normalized spacial score (nSPS) is 11.1. The molecule has 7 heteroatoms. The standard InChI is InChI=1S/C6Cl4N2Se/c7-1-2(8)4(10)6-5(3(1)9)11-13-12-6. The number of benzene rings is 1. The van der Waals surface area contributed by atoms with Gasteiger partial charge in [0.1, 0.15) is 0 Å². The summed E-state index contributed by atoms with van der Waals surface area (Å²) in [6, 6.07) is 0. The van der Waals surface area contributed by atoms with E-state index in [4.69, 9.17) is 46.4 Å². The van der Waals surface area contributed by atoms with Crippen LogP contribution in [0.1, 0.15) is 0 Å². The van der Waals surface area contributed by atoms with Gasteiger partial charge in [-0.05, 0) is 0 Å². The number of halogens is 4. The Balaban J connectivity index is 3.02. The summed E-state index contributed by atoms with van der Waals surface area (Å²) in [7, 11) is 0. The van der Waals surface area contributed by atoms with Crippen LogP contribution in [0.3, 0.4) is 0 Å². The van der Waals surface area contributed by atoms with Gasteiger partial charge in [-0.3, -0.25) is 0 Å². The molecule has 0 saturated carbocycles. The zero-order valence-electron chi connectivity index (χ0n) is 5.81. The van der Waals surface area contributed by atoms with Crippen LogP contribution in [-0.2, 0) is 0 Å². The molecule has 0 aliphatic rings. The van der Waals surface area contributed by atoms with Crippen LogP contribution in [0.5, 0.6) is 0 Å². The number of fused-ring (bicyclic) bond motifs is 1. The van der Waals surface area contributed by atoms with E-state index in [2.05, 4.69) is 7.96 Å². The third kappa shape index (κ3) is 1.48. The first-order chi connectivity index (χ1) is 6.13. The Morgan fingerprint density at radius 3 is 1.46 bits per heavy atom. The van der Waals surface area contributed by atoms with Gasteiger partial charge in [-0.2, -0.15) is 0 Å². The monoisotopic (exact) mass is 320 g/mol. The first-order valence-electron chi connectivity index (χ1n) is 3.07. The molecule has 0 amide bonds. The van der Waals surface area contributed by atoms with Crippen molar-refractivity contribution in [1.82, 2.24) is 7.96 Å². The number of hydrogen-bond donors (Lipinski definition) is 0. The molecule has 0 saturated heterocycles. The van der Waals surface area contributed by atoms with E-state index < -0.39 is 0 Å². The van der Waals surface area contributed by atoms with Crippen molar-refractivity contribution in [2.24, 2.45) is 0 Å². The average molecular weight is 321 g/mol. The van der Waals surface area contributed by atoms with Crippen LogP contribution in [0.4, 0.5) is 0 Å². The minimum atomic E-state index is -0.191. The maximum absolute atomic E-state index is 5.90. The summed E-state index contributed by atoms with van der Waals surface area (Å²) in [5.74, 6) is 0. The Hall–Kier alpha value is 0.499. The predicted octanol–water partition coefficient (Wildman–Crippen LogP) is 3.30. The van der Waals surface area contributed by atoms with Crippen LogP contribution in [0.2, 0.25) is 20.1 Å².